The first-order valence-corrected chi connectivity index (χ1v) is 17.8. The quantitative estimate of drug-likeness (QED) is 0.336. The molecule has 4 heterocycles. The molecule has 2 saturated heterocycles. The number of benzene rings is 2. The molecule has 3 aliphatic rings. The Kier molecular flexibility index (Phi) is 9.12. The van der Waals surface area contributed by atoms with Crippen LogP contribution in [-0.2, 0) is 16.4 Å². The van der Waals surface area contributed by atoms with Gasteiger partial charge in [0.2, 0.25) is 16.0 Å². The smallest absolute Gasteiger partial charge is 0.232 e. The summed E-state index contributed by atoms with van der Waals surface area (Å²) in [5, 5.41) is 7.09. The molecule has 236 valence electrons. The molecule has 3 aromatic rings. The lowest BCUT2D eigenvalue weighted by Gasteiger charge is -2.42. The van der Waals surface area contributed by atoms with Gasteiger partial charge in [-0.1, -0.05) is 11.6 Å². The average molecular weight is 706 g/mol. The fourth-order valence-corrected chi connectivity index (χ4v) is 7.01. The third-order valence-corrected chi connectivity index (χ3v) is 10.8. The predicted molar refractivity (Wildman–Crippen MR) is 181 cm³/mol. The van der Waals surface area contributed by atoms with Gasteiger partial charge in [0, 0.05) is 76.7 Å². The topological polar surface area (TPSA) is 106 Å². The zero-order valence-electron chi connectivity index (χ0n) is 25.2. The average Bonchev–Trinajstić information content (AvgIpc) is 3.46. The molecule has 14 heteroatoms. The molecule has 1 aromatic heterocycles. The number of nitrogens with zero attached hydrogens (tertiary/aromatic N) is 6. The molecule has 0 bridgehead atoms. The summed E-state index contributed by atoms with van der Waals surface area (Å²) in [4.78, 5) is 16.6. The summed E-state index contributed by atoms with van der Waals surface area (Å²) >= 11 is 10.3. The van der Waals surface area contributed by atoms with E-state index in [2.05, 4.69) is 64.3 Å². The third kappa shape index (κ3) is 6.86. The van der Waals surface area contributed by atoms with Gasteiger partial charge in [-0.15, -0.1) is 0 Å². The highest BCUT2D eigenvalue weighted by Gasteiger charge is 2.27. The highest BCUT2D eigenvalue weighted by molar-refractivity contribution is 9.10. The molecule has 0 aliphatic carbocycles. The number of hydrogen-bond acceptors (Lipinski definition) is 10. The number of hydrogen-bond donors (Lipinski definition) is 2. The van der Waals surface area contributed by atoms with Crippen molar-refractivity contribution in [2.75, 3.05) is 86.1 Å². The number of halogens is 2. The fraction of sp³-hybridized carbons (Fsp3) is 0.467. The highest BCUT2D eigenvalue weighted by Crippen LogP contribution is 2.39. The van der Waals surface area contributed by atoms with E-state index in [4.69, 9.17) is 16.3 Å². The van der Waals surface area contributed by atoms with Crippen LogP contribution in [-0.4, -0.2) is 100 Å². The molecule has 0 saturated carbocycles. The van der Waals surface area contributed by atoms with Gasteiger partial charge >= 0.3 is 0 Å². The van der Waals surface area contributed by atoms with E-state index in [1.54, 1.807) is 6.20 Å². The van der Waals surface area contributed by atoms with Crippen LogP contribution in [0.15, 0.2) is 41.0 Å². The second-order valence-corrected chi connectivity index (χ2v) is 14.9. The summed E-state index contributed by atoms with van der Waals surface area (Å²) in [6.07, 6.45) is 5.84. The lowest BCUT2D eigenvalue weighted by Crippen LogP contribution is -2.52. The van der Waals surface area contributed by atoms with Crippen molar-refractivity contribution in [2.24, 2.45) is 0 Å². The predicted octanol–water partition coefficient (Wildman–Crippen LogP) is 4.93. The minimum absolute atomic E-state index is 0.341. The zero-order valence-corrected chi connectivity index (χ0v) is 28.3. The van der Waals surface area contributed by atoms with Crippen LogP contribution < -0.4 is 24.6 Å². The van der Waals surface area contributed by atoms with Crippen molar-refractivity contribution in [3.8, 4) is 5.75 Å². The van der Waals surface area contributed by atoms with Crippen LogP contribution in [0.3, 0.4) is 0 Å². The third-order valence-electron chi connectivity index (χ3n) is 8.72. The first-order chi connectivity index (χ1) is 21.0. The fourth-order valence-electron chi connectivity index (χ4n) is 5.99. The van der Waals surface area contributed by atoms with Gasteiger partial charge in [-0.2, -0.15) is 4.98 Å². The van der Waals surface area contributed by atoms with Crippen LogP contribution in [0.2, 0.25) is 5.02 Å². The number of anilines is 6. The standard InChI is InChI=1S/C30H38BrClN8O3S/c1-37-11-13-40(14-12-37)21-6-9-39(10-7-21)22-4-5-25(24(32)17-22)35-30-33-19-23(31)29(36-30)34-26-18-28-20(8-15-43-28)16-27(26)38(2)44(3,41)42/h4-5,16-19,21H,6-15H2,1-3H3,(H2,33,34,35,36). The number of sulfonamides is 1. The molecule has 6 rings (SSSR count). The Bertz CT molecular complexity index is 1630. The summed E-state index contributed by atoms with van der Waals surface area (Å²) < 4.78 is 32.4. The lowest BCUT2D eigenvalue weighted by molar-refractivity contribution is 0.0982. The normalized spacial score (nSPS) is 18.2. The van der Waals surface area contributed by atoms with E-state index >= 15 is 0 Å². The van der Waals surface area contributed by atoms with Crippen molar-refractivity contribution in [3.63, 3.8) is 0 Å². The second-order valence-electron chi connectivity index (χ2n) is 11.7. The van der Waals surface area contributed by atoms with Crippen LogP contribution in [0.4, 0.5) is 34.5 Å². The molecule has 0 radical (unpaired) electrons. The van der Waals surface area contributed by atoms with Crippen molar-refractivity contribution in [3.05, 3.63) is 51.6 Å². The van der Waals surface area contributed by atoms with Gasteiger partial charge in [-0.05, 0) is 65.6 Å². The minimum atomic E-state index is -3.50. The number of ether oxygens (including phenoxy) is 1. The van der Waals surface area contributed by atoms with Gasteiger partial charge in [0.15, 0.2) is 0 Å². The zero-order chi connectivity index (χ0) is 31.0. The SMILES string of the molecule is CN1CCN(C2CCN(c3ccc(Nc4ncc(Br)c(Nc5cc6c(cc5N(C)S(C)(=O)=O)CCO6)n4)c(Cl)c3)CC2)CC1. The van der Waals surface area contributed by atoms with E-state index in [1.165, 1.54) is 17.6 Å². The molecule has 2 N–H and O–H groups in total. The monoisotopic (exact) mass is 704 g/mol. The van der Waals surface area contributed by atoms with Crippen LogP contribution in [0, 0.1) is 0 Å². The molecule has 0 spiro atoms. The molecule has 11 nitrogen and oxygen atoms in total. The first-order valence-electron chi connectivity index (χ1n) is 14.8. The molecule has 3 aliphatic heterocycles. The van der Waals surface area contributed by atoms with E-state index in [9.17, 15) is 8.42 Å². The molecule has 0 unspecified atom stereocenters. The number of aromatic nitrogens is 2. The molecular weight excluding hydrogens is 668 g/mol. The van der Waals surface area contributed by atoms with E-state index in [-0.39, 0.29) is 0 Å². The van der Waals surface area contributed by atoms with E-state index in [0.717, 1.165) is 75.5 Å². The van der Waals surface area contributed by atoms with Crippen molar-refractivity contribution >= 4 is 72.1 Å². The number of rotatable bonds is 8. The summed E-state index contributed by atoms with van der Waals surface area (Å²) in [7, 11) is 0.228. The van der Waals surface area contributed by atoms with Crippen molar-refractivity contribution < 1.29 is 13.2 Å². The summed E-state index contributed by atoms with van der Waals surface area (Å²) in [6, 6.07) is 10.3. The van der Waals surface area contributed by atoms with Gasteiger partial charge in [0.25, 0.3) is 0 Å². The molecule has 44 heavy (non-hydrogen) atoms. The first kappa shape index (κ1) is 31.2. The number of fused-ring (bicyclic) bond motifs is 1. The summed E-state index contributed by atoms with van der Waals surface area (Å²) in [5.41, 5.74) is 3.81. The van der Waals surface area contributed by atoms with Crippen molar-refractivity contribution in [1.82, 2.24) is 19.8 Å². The Balaban J connectivity index is 1.15. The Morgan fingerprint density at radius 2 is 1.80 bits per heavy atom. The molecule has 2 aromatic carbocycles. The van der Waals surface area contributed by atoms with Crippen LogP contribution in [0.1, 0.15) is 18.4 Å². The van der Waals surface area contributed by atoms with E-state index < -0.39 is 10.0 Å². The van der Waals surface area contributed by atoms with Gasteiger partial charge in [0.05, 0.1) is 39.4 Å². The molecule has 0 amide bonds. The lowest BCUT2D eigenvalue weighted by atomic mass is 10.0. The maximum Gasteiger partial charge on any atom is 0.232 e. The van der Waals surface area contributed by atoms with E-state index in [0.29, 0.717) is 51.0 Å². The van der Waals surface area contributed by atoms with Crippen LogP contribution >= 0.6 is 27.5 Å². The molecule has 2 fully saturated rings. The largest absolute Gasteiger partial charge is 0.493 e. The van der Waals surface area contributed by atoms with Crippen LogP contribution in [0.25, 0.3) is 0 Å². The van der Waals surface area contributed by atoms with E-state index in [1.807, 2.05) is 24.3 Å². The van der Waals surface area contributed by atoms with Gasteiger partial charge in [0.1, 0.15) is 11.6 Å². The van der Waals surface area contributed by atoms with Crippen molar-refractivity contribution in [1.29, 1.82) is 0 Å². The maximum atomic E-state index is 12.4. The Hall–Kier alpha value is -2.84. The highest BCUT2D eigenvalue weighted by atomic mass is 79.9. The minimum Gasteiger partial charge on any atom is -0.493 e. The Morgan fingerprint density at radius 3 is 2.50 bits per heavy atom. The summed E-state index contributed by atoms with van der Waals surface area (Å²) in [6.45, 7) is 7.18. The number of nitrogens with one attached hydrogen (secondary N) is 2. The Labute approximate surface area is 272 Å². The van der Waals surface area contributed by atoms with Gasteiger partial charge < -0.3 is 25.2 Å². The number of piperazine rings is 1. The van der Waals surface area contributed by atoms with Gasteiger partial charge in [-0.3, -0.25) is 9.21 Å². The van der Waals surface area contributed by atoms with Crippen LogP contribution in [0.5, 0.6) is 5.75 Å². The molecule has 0 atom stereocenters. The second kappa shape index (κ2) is 12.9. The Morgan fingerprint density at radius 1 is 1.05 bits per heavy atom. The maximum absolute atomic E-state index is 12.4. The number of piperidine rings is 1. The summed E-state index contributed by atoms with van der Waals surface area (Å²) in [5.74, 6) is 1.52. The number of likely N-dealkylation sites (N-methyl/N-ethyl adjacent to an activating group) is 1. The van der Waals surface area contributed by atoms with Crippen molar-refractivity contribution in [2.45, 2.75) is 25.3 Å². The molecular formula is C30H38BrClN8O3S. The van der Waals surface area contributed by atoms with Gasteiger partial charge in [-0.25, -0.2) is 13.4 Å².